The molecule has 72 heavy (non-hydrogen) atoms. The minimum atomic E-state index is -1.58. The van der Waals surface area contributed by atoms with E-state index >= 15 is 0 Å². The monoisotopic (exact) mass is 1020 g/mol. The lowest BCUT2D eigenvalue weighted by Gasteiger charge is -2.40. The van der Waals surface area contributed by atoms with Crippen molar-refractivity contribution in [3.8, 4) is 0 Å². The second-order valence-corrected chi connectivity index (χ2v) is 20.7. The van der Waals surface area contributed by atoms with Gasteiger partial charge in [0, 0.05) is 12.8 Å². The summed E-state index contributed by atoms with van der Waals surface area (Å²) in [5.74, 6) is -0.216. The van der Waals surface area contributed by atoms with Crippen molar-refractivity contribution in [2.45, 2.75) is 307 Å². The second-order valence-electron chi connectivity index (χ2n) is 20.7. The number of hydrogen-bond acceptors (Lipinski definition) is 10. The van der Waals surface area contributed by atoms with Gasteiger partial charge in [-0.25, -0.2) is 0 Å². The van der Waals surface area contributed by atoms with Gasteiger partial charge in [0.05, 0.1) is 32.0 Å². The molecule has 0 aromatic heterocycles. The van der Waals surface area contributed by atoms with Crippen molar-refractivity contribution < 1.29 is 49.3 Å². The summed E-state index contributed by atoms with van der Waals surface area (Å²) in [6.07, 6.45) is 53.4. The number of amides is 1. The lowest BCUT2D eigenvalue weighted by atomic mass is 9.99. The third-order valence-electron chi connectivity index (χ3n) is 13.9. The van der Waals surface area contributed by atoms with Gasteiger partial charge in [0.25, 0.3) is 0 Å². The van der Waals surface area contributed by atoms with Gasteiger partial charge in [0.1, 0.15) is 24.4 Å². The van der Waals surface area contributed by atoms with Crippen LogP contribution in [0, 0.1) is 0 Å². The molecule has 1 aliphatic rings. The van der Waals surface area contributed by atoms with Crippen LogP contribution in [-0.2, 0) is 23.8 Å². The standard InChI is InChI=1S/C61H111NO10/c1-3-5-7-9-11-13-15-24-28-31-35-39-43-47-54(64)53(52-71-61-60(69)59(68)58(67)55(51-63)72-61)62-56(65)48-44-40-36-32-29-25-22-20-18-16-17-19-21-23-26-30-34-38-42-46-50-70-57(66)49-45-41-37-33-27-14-12-10-8-6-4-2/h11,13,16,18,28,31,43,47,53-55,58-61,63-64,67-69H,3-10,12,14-15,17,19-27,29-30,32-42,44-46,48-52H2,1-2H3,(H,62,65)/b13-11+,18-16-,31-28+,47-43+. The van der Waals surface area contributed by atoms with E-state index in [-0.39, 0.29) is 18.5 Å². The van der Waals surface area contributed by atoms with Crippen molar-refractivity contribution in [1.82, 2.24) is 5.32 Å². The normalized spacial score (nSPS) is 19.3. The highest BCUT2D eigenvalue weighted by atomic mass is 16.7. The highest BCUT2D eigenvalue weighted by Crippen LogP contribution is 2.23. The maximum Gasteiger partial charge on any atom is 0.305 e. The fourth-order valence-corrected chi connectivity index (χ4v) is 9.11. The minimum absolute atomic E-state index is 0.00946. The largest absolute Gasteiger partial charge is 0.466 e. The third-order valence-corrected chi connectivity index (χ3v) is 13.9. The third kappa shape index (κ3) is 40.0. The van der Waals surface area contributed by atoms with Crippen LogP contribution in [0.1, 0.15) is 264 Å². The summed E-state index contributed by atoms with van der Waals surface area (Å²) < 4.78 is 16.7. The summed E-state index contributed by atoms with van der Waals surface area (Å²) in [5, 5.41) is 54.3. The number of aliphatic hydroxyl groups excluding tert-OH is 5. The molecule has 1 aliphatic heterocycles. The summed E-state index contributed by atoms with van der Waals surface area (Å²) >= 11 is 0. The first-order chi connectivity index (χ1) is 35.2. The number of carbonyl (C=O) groups excluding carboxylic acids is 2. The van der Waals surface area contributed by atoms with Gasteiger partial charge in [0.2, 0.25) is 5.91 Å². The van der Waals surface area contributed by atoms with Crippen LogP contribution >= 0.6 is 0 Å². The molecule has 1 amide bonds. The maximum atomic E-state index is 13.0. The predicted octanol–water partition coefficient (Wildman–Crippen LogP) is 13.7. The molecule has 11 heteroatoms. The van der Waals surface area contributed by atoms with E-state index in [1.54, 1.807) is 6.08 Å². The number of unbranched alkanes of at least 4 members (excludes halogenated alkanes) is 31. The molecular formula is C61H111NO10. The van der Waals surface area contributed by atoms with Crippen LogP contribution in [0.25, 0.3) is 0 Å². The number of aliphatic hydroxyl groups is 5. The molecule has 11 nitrogen and oxygen atoms in total. The Hall–Kier alpha value is -2.38. The van der Waals surface area contributed by atoms with Crippen molar-refractivity contribution in [1.29, 1.82) is 0 Å². The number of esters is 1. The first-order valence-electron chi connectivity index (χ1n) is 29.9. The van der Waals surface area contributed by atoms with Crippen molar-refractivity contribution in [2.24, 2.45) is 0 Å². The van der Waals surface area contributed by atoms with Crippen LogP contribution in [0.15, 0.2) is 48.6 Å². The van der Waals surface area contributed by atoms with Crippen LogP contribution < -0.4 is 5.32 Å². The van der Waals surface area contributed by atoms with Gasteiger partial charge < -0.3 is 45.1 Å². The Balaban J connectivity index is 2.11. The molecular weight excluding hydrogens is 907 g/mol. The first kappa shape index (κ1) is 67.6. The fourth-order valence-electron chi connectivity index (χ4n) is 9.11. The number of hydrogen-bond donors (Lipinski definition) is 6. The van der Waals surface area contributed by atoms with Gasteiger partial charge in [0.15, 0.2) is 6.29 Å². The van der Waals surface area contributed by atoms with Gasteiger partial charge in [-0.05, 0) is 83.5 Å². The van der Waals surface area contributed by atoms with Crippen LogP contribution in [0.5, 0.6) is 0 Å². The minimum Gasteiger partial charge on any atom is -0.466 e. The van der Waals surface area contributed by atoms with E-state index in [0.717, 1.165) is 89.9 Å². The Morgan fingerprint density at radius 3 is 1.40 bits per heavy atom. The van der Waals surface area contributed by atoms with Crippen molar-refractivity contribution in [3.63, 3.8) is 0 Å². The van der Waals surface area contributed by atoms with E-state index in [1.807, 2.05) is 6.08 Å². The van der Waals surface area contributed by atoms with Gasteiger partial charge in [-0.2, -0.15) is 0 Å². The molecule has 420 valence electrons. The number of rotatable bonds is 51. The van der Waals surface area contributed by atoms with E-state index in [1.165, 1.54) is 148 Å². The molecule has 0 saturated carbocycles. The Morgan fingerprint density at radius 2 is 0.903 bits per heavy atom. The zero-order valence-electron chi connectivity index (χ0n) is 46.1. The fraction of sp³-hybridized carbons (Fsp3) is 0.836. The van der Waals surface area contributed by atoms with Gasteiger partial charge in [-0.3, -0.25) is 9.59 Å². The molecule has 0 aromatic carbocycles. The molecule has 6 N–H and O–H groups in total. The van der Waals surface area contributed by atoms with Crippen molar-refractivity contribution in [2.75, 3.05) is 19.8 Å². The number of nitrogens with one attached hydrogen (secondary N) is 1. The van der Waals surface area contributed by atoms with Crippen LogP contribution in [0.4, 0.5) is 0 Å². The molecule has 0 aliphatic carbocycles. The van der Waals surface area contributed by atoms with E-state index in [9.17, 15) is 35.1 Å². The highest BCUT2D eigenvalue weighted by Gasteiger charge is 2.44. The van der Waals surface area contributed by atoms with Crippen molar-refractivity contribution in [3.05, 3.63) is 48.6 Å². The Bertz CT molecular complexity index is 1340. The Morgan fingerprint density at radius 1 is 0.500 bits per heavy atom. The molecule has 1 heterocycles. The number of carbonyl (C=O) groups is 2. The van der Waals surface area contributed by atoms with E-state index < -0.39 is 49.5 Å². The smallest absolute Gasteiger partial charge is 0.305 e. The summed E-state index contributed by atoms with van der Waals surface area (Å²) in [6.45, 7) is 4.27. The summed E-state index contributed by atoms with van der Waals surface area (Å²) in [5.41, 5.74) is 0. The zero-order valence-corrected chi connectivity index (χ0v) is 46.1. The molecule has 7 unspecified atom stereocenters. The Kier molecular flexibility index (Phi) is 47.7. The zero-order chi connectivity index (χ0) is 52.4. The second kappa shape index (κ2) is 50.8. The summed E-state index contributed by atoms with van der Waals surface area (Å²) in [6, 6.07) is -0.841. The lowest BCUT2D eigenvalue weighted by molar-refractivity contribution is -0.302. The molecule has 0 bridgehead atoms. The maximum absolute atomic E-state index is 13.0. The van der Waals surface area contributed by atoms with Gasteiger partial charge >= 0.3 is 5.97 Å². The van der Waals surface area contributed by atoms with Gasteiger partial charge in [-0.1, -0.05) is 217 Å². The molecule has 1 fully saturated rings. The van der Waals surface area contributed by atoms with Crippen LogP contribution in [-0.4, -0.2) is 100 Å². The number of allylic oxidation sites excluding steroid dienone is 7. The lowest BCUT2D eigenvalue weighted by Crippen LogP contribution is -2.60. The molecule has 1 saturated heterocycles. The SMILES string of the molecule is CCCCC/C=C/CC/C=C/CC/C=C/C(O)C(COC1OC(CO)C(O)C(O)C1O)NC(=O)CCCCCCCCC/C=C\CCCCCCCCCCCOC(=O)CCCCCCCCCCCCC. The van der Waals surface area contributed by atoms with E-state index in [2.05, 4.69) is 55.6 Å². The topological polar surface area (TPSA) is 175 Å². The summed E-state index contributed by atoms with van der Waals surface area (Å²) in [7, 11) is 0. The van der Waals surface area contributed by atoms with E-state index in [0.29, 0.717) is 19.4 Å². The molecule has 0 radical (unpaired) electrons. The first-order valence-corrected chi connectivity index (χ1v) is 29.9. The summed E-state index contributed by atoms with van der Waals surface area (Å²) in [4.78, 5) is 25.0. The average Bonchev–Trinajstić information content (AvgIpc) is 3.38. The molecule has 0 spiro atoms. The van der Waals surface area contributed by atoms with Crippen LogP contribution in [0.3, 0.4) is 0 Å². The average molecular weight is 1020 g/mol. The molecule has 7 atom stereocenters. The quantitative estimate of drug-likeness (QED) is 0.0195. The molecule has 1 rings (SSSR count). The predicted molar refractivity (Wildman–Crippen MR) is 297 cm³/mol. The van der Waals surface area contributed by atoms with Crippen LogP contribution in [0.2, 0.25) is 0 Å². The molecule has 0 aromatic rings. The van der Waals surface area contributed by atoms with Crippen molar-refractivity contribution >= 4 is 11.9 Å². The Labute approximate surface area is 440 Å². The van der Waals surface area contributed by atoms with Gasteiger partial charge in [-0.15, -0.1) is 0 Å². The van der Waals surface area contributed by atoms with E-state index in [4.69, 9.17) is 14.2 Å². The highest BCUT2D eigenvalue weighted by molar-refractivity contribution is 5.76. The number of ether oxygens (including phenoxy) is 3.